The number of carbonyl (C=O) groups is 1. The molecule has 1 rings (SSSR count). The fourth-order valence-corrected chi connectivity index (χ4v) is 1.64. The Morgan fingerprint density at radius 1 is 1.19 bits per heavy atom. The summed E-state index contributed by atoms with van der Waals surface area (Å²) in [5.41, 5.74) is 2.69. The fraction of sp³-hybridized carbons (Fsp3) is 0.429. The van der Waals surface area contributed by atoms with Crippen molar-refractivity contribution in [1.29, 1.82) is 0 Å². The Hall–Kier alpha value is -1.44. The summed E-state index contributed by atoms with van der Waals surface area (Å²) in [7, 11) is 0. The summed E-state index contributed by atoms with van der Waals surface area (Å²) in [5, 5.41) is 0. The van der Waals surface area contributed by atoms with Gasteiger partial charge in [-0.05, 0) is 19.8 Å². The number of carbonyl (C=O) groups excluding carboxylic acids is 1. The monoisotopic (exact) mass is 217 g/mol. The van der Waals surface area contributed by atoms with Gasteiger partial charge in [0.25, 0.3) is 0 Å². The number of hydrogen-bond donors (Lipinski definition) is 0. The maximum atomic E-state index is 11.0. The first-order chi connectivity index (χ1) is 7.56. The molecule has 2 nitrogen and oxygen atoms in total. The second-order valence-corrected chi connectivity index (χ2v) is 4.47. The largest absolute Gasteiger partial charge is 0.298 e. The van der Waals surface area contributed by atoms with Crippen LogP contribution in [0, 0.1) is 5.92 Å². The van der Waals surface area contributed by atoms with Crippen molar-refractivity contribution in [3.8, 4) is 0 Å². The van der Waals surface area contributed by atoms with Gasteiger partial charge in [0.1, 0.15) is 0 Å². The van der Waals surface area contributed by atoms with Crippen LogP contribution in [0.15, 0.2) is 29.3 Å². The summed E-state index contributed by atoms with van der Waals surface area (Å²) in [6.07, 6.45) is 0.896. The van der Waals surface area contributed by atoms with Crippen molar-refractivity contribution in [3.05, 3.63) is 35.4 Å². The number of aldehydes is 1. The van der Waals surface area contributed by atoms with E-state index < -0.39 is 0 Å². The van der Waals surface area contributed by atoms with Crippen LogP contribution >= 0.6 is 0 Å². The average molecular weight is 217 g/mol. The molecule has 0 saturated carbocycles. The topological polar surface area (TPSA) is 29.4 Å². The minimum absolute atomic E-state index is 0.247. The zero-order valence-corrected chi connectivity index (χ0v) is 10.4. The van der Waals surface area contributed by atoms with Gasteiger partial charge in [-0.3, -0.25) is 9.79 Å². The molecule has 0 spiro atoms. The number of rotatable bonds is 4. The van der Waals surface area contributed by atoms with Gasteiger partial charge in [-0.1, -0.05) is 38.1 Å². The van der Waals surface area contributed by atoms with E-state index >= 15 is 0 Å². The maximum absolute atomic E-state index is 11.0. The van der Waals surface area contributed by atoms with Crippen molar-refractivity contribution >= 4 is 12.0 Å². The van der Waals surface area contributed by atoms with Gasteiger partial charge in [-0.2, -0.15) is 0 Å². The molecule has 86 valence electrons. The van der Waals surface area contributed by atoms with Crippen LogP contribution in [0.5, 0.6) is 0 Å². The van der Waals surface area contributed by atoms with E-state index in [1.807, 2.05) is 38.1 Å². The van der Waals surface area contributed by atoms with Crippen LogP contribution in [0.3, 0.4) is 0 Å². The molecule has 16 heavy (non-hydrogen) atoms. The minimum atomic E-state index is 0.247. The zero-order chi connectivity index (χ0) is 12.1. The Bertz CT molecular complexity index is 391. The number of aliphatic imine (C=N–C) groups is 1. The van der Waals surface area contributed by atoms with E-state index in [1.165, 1.54) is 0 Å². The molecule has 0 aromatic heterocycles. The van der Waals surface area contributed by atoms with E-state index in [0.29, 0.717) is 5.92 Å². The van der Waals surface area contributed by atoms with Crippen LogP contribution in [0.1, 0.15) is 43.6 Å². The van der Waals surface area contributed by atoms with E-state index in [0.717, 1.165) is 23.1 Å². The molecule has 0 aliphatic heterocycles. The van der Waals surface area contributed by atoms with Gasteiger partial charge < -0.3 is 0 Å². The van der Waals surface area contributed by atoms with Crippen molar-refractivity contribution in [2.75, 3.05) is 0 Å². The summed E-state index contributed by atoms with van der Waals surface area (Å²) in [4.78, 5) is 15.6. The lowest BCUT2D eigenvalue weighted by atomic mass is 9.95. The molecule has 0 N–H and O–H groups in total. The van der Waals surface area contributed by atoms with Crippen molar-refractivity contribution in [2.45, 2.75) is 33.7 Å². The maximum Gasteiger partial charge on any atom is 0.150 e. The first-order valence-electron chi connectivity index (χ1n) is 5.68. The van der Waals surface area contributed by atoms with Crippen LogP contribution in [0.25, 0.3) is 0 Å². The Morgan fingerprint density at radius 3 is 2.31 bits per heavy atom. The van der Waals surface area contributed by atoms with Gasteiger partial charge in [0.2, 0.25) is 0 Å². The van der Waals surface area contributed by atoms with Crippen molar-refractivity contribution in [2.24, 2.45) is 10.9 Å². The summed E-state index contributed by atoms with van der Waals surface area (Å²) < 4.78 is 0. The molecule has 0 heterocycles. The lowest BCUT2D eigenvalue weighted by Gasteiger charge is -2.14. The van der Waals surface area contributed by atoms with E-state index in [2.05, 4.69) is 18.8 Å². The molecule has 0 amide bonds. The summed E-state index contributed by atoms with van der Waals surface area (Å²) >= 11 is 0. The van der Waals surface area contributed by atoms with Crippen LogP contribution < -0.4 is 0 Å². The highest BCUT2D eigenvalue weighted by molar-refractivity contribution is 6.07. The van der Waals surface area contributed by atoms with Crippen molar-refractivity contribution < 1.29 is 4.79 Å². The highest BCUT2D eigenvalue weighted by Crippen LogP contribution is 2.14. The predicted octanol–water partition coefficient (Wildman–Crippen LogP) is 3.35. The molecule has 0 radical (unpaired) electrons. The summed E-state index contributed by atoms with van der Waals surface area (Å²) in [6, 6.07) is 7.87. The number of hydrogen-bond acceptors (Lipinski definition) is 2. The Balaban J connectivity index is 3.26. The fourth-order valence-electron chi connectivity index (χ4n) is 1.64. The molecule has 0 bridgehead atoms. The van der Waals surface area contributed by atoms with Crippen LogP contribution in [-0.4, -0.2) is 18.0 Å². The molecule has 0 unspecified atom stereocenters. The molecule has 1 aromatic carbocycles. The Morgan fingerprint density at radius 2 is 1.81 bits per heavy atom. The summed E-state index contributed by atoms with van der Waals surface area (Å²) in [5.74, 6) is 0.323. The smallest absolute Gasteiger partial charge is 0.150 e. The van der Waals surface area contributed by atoms with Gasteiger partial charge in [-0.15, -0.1) is 0 Å². The number of nitrogens with zero attached hydrogens (tertiary/aromatic N) is 1. The van der Waals surface area contributed by atoms with E-state index in [9.17, 15) is 4.79 Å². The van der Waals surface area contributed by atoms with Gasteiger partial charge >= 0.3 is 0 Å². The Labute approximate surface area is 97.4 Å². The predicted molar refractivity (Wildman–Crippen MR) is 68.3 cm³/mol. The minimum Gasteiger partial charge on any atom is -0.298 e. The molecule has 1 aromatic rings. The second kappa shape index (κ2) is 5.59. The molecule has 0 aliphatic rings. The summed E-state index contributed by atoms with van der Waals surface area (Å²) in [6.45, 7) is 8.30. The van der Waals surface area contributed by atoms with Crippen molar-refractivity contribution in [3.63, 3.8) is 0 Å². The lowest BCUT2D eigenvalue weighted by molar-refractivity contribution is 0.112. The van der Waals surface area contributed by atoms with Crippen LogP contribution in [-0.2, 0) is 0 Å². The third-order valence-electron chi connectivity index (χ3n) is 2.31. The van der Waals surface area contributed by atoms with E-state index in [-0.39, 0.29) is 6.04 Å². The SMILES string of the molecule is CC(C)N=C(c1ccccc1C=O)C(C)C. The normalized spacial score (nSPS) is 12.2. The standard InChI is InChI=1S/C14H19NO/c1-10(2)14(15-11(3)4)13-8-6-5-7-12(13)9-16/h5-11H,1-4H3. The van der Waals surface area contributed by atoms with Crippen LogP contribution in [0.2, 0.25) is 0 Å². The Kier molecular flexibility index (Phi) is 4.41. The third kappa shape index (κ3) is 3.02. The molecule has 0 atom stereocenters. The van der Waals surface area contributed by atoms with Gasteiger partial charge in [0.05, 0.1) is 0 Å². The second-order valence-electron chi connectivity index (χ2n) is 4.47. The quantitative estimate of drug-likeness (QED) is 0.561. The molecule has 2 heteroatoms. The number of benzene rings is 1. The van der Waals surface area contributed by atoms with Gasteiger partial charge in [0, 0.05) is 22.9 Å². The van der Waals surface area contributed by atoms with Gasteiger partial charge in [0.15, 0.2) is 6.29 Å². The van der Waals surface area contributed by atoms with E-state index in [4.69, 9.17) is 0 Å². The molecule has 0 saturated heterocycles. The van der Waals surface area contributed by atoms with Gasteiger partial charge in [-0.25, -0.2) is 0 Å². The van der Waals surface area contributed by atoms with Crippen molar-refractivity contribution in [1.82, 2.24) is 0 Å². The third-order valence-corrected chi connectivity index (χ3v) is 2.31. The zero-order valence-electron chi connectivity index (χ0n) is 10.4. The molecule has 0 aliphatic carbocycles. The van der Waals surface area contributed by atoms with Crippen LogP contribution in [0.4, 0.5) is 0 Å². The first-order valence-corrected chi connectivity index (χ1v) is 5.68. The molecule has 0 fully saturated rings. The first kappa shape index (κ1) is 12.6. The average Bonchev–Trinajstić information content (AvgIpc) is 2.25. The molecular formula is C14H19NO. The molecular weight excluding hydrogens is 198 g/mol. The highest BCUT2D eigenvalue weighted by Gasteiger charge is 2.12. The lowest BCUT2D eigenvalue weighted by Crippen LogP contribution is -2.14. The highest BCUT2D eigenvalue weighted by atomic mass is 16.1. The van der Waals surface area contributed by atoms with E-state index in [1.54, 1.807) is 0 Å².